The Morgan fingerprint density at radius 1 is 1.29 bits per heavy atom. The van der Waals surface area contributed by atoms with Crippen LogP contribution in [-0.2, 0) is 16.6 Å². The molecule has 0 fully saturated rings. The first-order chi connectivity index (χ1) is 9.75. The van der Waals surface area contributed by atoms with Crippen molar-refractivity contribution in [3.8, 4) is 0 Å². The van der Waals surface area contributed by atoms with Gasteiger partial charge in [0, 0.05) is 13.6 Å². The topological polar surface area (TPSA) is 66.1 Å². The lowest BCUT2D eigenvalue weighted by Crippen LogP contribution is -2.27. The molecule has 0 saturated heterocycles. The standard InChI is InChI=1S/C13H15Cl2N3O2S/c1-8-13(9(2)17-16-8)21(19,20)18(3)7-10-5-4-6-11(14)12(10)15/h4-6H,7H2,1-3H3,(H,16,17). The van der Waals surface area contributed by atoms with Crippen molar-refractivity contribution >= 4 is 33.2 Å². The van der Waals surface area contributed by atoms with Gasteiger partial charge in [-0.15, -0.1) is 0 Å². The number of rotatable bonds is 4. The molecular weight excluding hydrogens is 333 g/mol. The second kappa shape index (κ2) is 5.96. The maximum Gasteiger partial charge on any atom is 0.246 e. The molecule has 0 amide bonds. The fourth-order valence-electron chi connectivity index (χ4n) is 2.07. The van der Waals surface area contributed by atoms with Gasteiger partial charge in [0.25, 0.3) is 0 Å². The number of aromatic nitrogens is 2. The van der Waals surface area contributed by atoms with Crippen molar-refractivity contribution < 1.29 is 8.42 Å². The average molecular weight is 348 g/mol. The molecular formula is C13H15Cl2N3O2S. The molecule has 1 aromatic heterocycles. The lowest BCUT2D eigenvalue weighted by Gasteiger charge is -2.18. The average Bonchev–Trinajstić information content (AvgIpc) is 2.75. The van der Waals surface area contributed by atoms with Gasteiger partial charge in [-0.25, -0.2) is 8.42 Å². The first kappa shape index (κ1) is 16.3. The van der Waals surface area contributed by atoms with E-state index in [1.165, 1.54) is 11.4 Å². The van der Waals surface area contributed by atoms with Gasteiger partial charge in [-0.05, 0) is 25.5 Å². The summed E-state index contributed by atoms with van der Waals surface area (Å²) in [4.78, 5) is 0.197. The molecule has 0 aliphatic carbocycles. The molecule has 0 spiro atoms. The fraction of sp³-hybridized carbons (Fsp3) is 0.308. The molecule has 0 unspecified atom stereocenters. The van der Waals surface area contributed by atoms with Gasteiger partial charge < -0.3 is 0 Å². The number of H-pyrrole nitrogens is 1. The van der Waals surface area contributed by atoms with Crippen LogP contribution in [0.25, 0.3) is 0 Å². The Bertz CT molecular complexity index is 752. The predicted octanol–water partition coefficient (Wildman–Crippen LogP) is 3.15. The molecule has 0 radical (unpaired) electrons. The minimum Gasteiger partial charge on any atom is -0.281 e. The zero-order valence-corrected chi connectivity index (χ0v) is 14.1. The van der Waals surface area contributed by atoms with E-state index in [9.17, 15) is 8.42 Å². The minimum atomic E-state index is -3.65. The number of aromatic amines is 1. The Balaban J connectivity index is 2.36. The van der Waals surface area contributed by atoms with Gasteiger partial charge in [-0.3, -0.25) is 5.10 Å². The SMILES string of the molecule is Cc1n[nH]c(C)c1S(=O)(=O)N(C)Cc1cccc(Cl)c1Cl. The highest BCUT2D eigenvalue weighted by Crippen LogP contribution is 2.28. The van der Waals surface area contributed by atoms with Crippen LogP contribution in [-0.4, -0.2) is 30.0 Å². The van der Waals surface area contributed by atoms with Crippen LogP contribution in [0.4, 0.5) is 0 Å². The summed E-state index contributed by atoms with van der Waals surface area (Å²) < 4.78 is 26.5. The summed E-state index contributed by atoms with van der Waals surface area (Å²) in [7, 11) is -2.15. The molecule has 2 aromatic rings. The van der Waals surface area contributed by atoms with Crippen LogP contribution < -0.4 is 0 Å². The molecule has 8 heteroatoms. The van der Waals surface area contributed by atoms with Crippen molar-refractivity contribution in [2.45, 2.75) is 25.3 Å². The van der Waals surface area contributed by atoms with Crippen molar-refractivity contribution in [3.63, 3.8) is 0 Å². The zero-order chi connectivity index (χ0) is 15.8. The Morgan fingerprint density at radius 3 is 2.52 bits per heavy atom. The summed E-state index contributed by atoms with van der Waals surface area (Å²) in [5.41, 5.74) is 1.60. The molecule has 21 heavy (non-hydrogen) atoms. The van der Waals surface area contributed by atoms with Gasteiger partial charge in [-0.2, -0.15) is 9.40 Å². The van der Waals surface area contributed by atoms with Crippen LogP contribution >= 0.6 is 23.2 Å². The van der Waals surface area contributed by atoms with Gasteiger partial charge in [0.15, 0.2) is 0 Å². The Hall–Kier alpha value is -1.08. The quantitative estimate of drug-likeness (QED) is 0.923. The van der Waals surface area contributed by atoms with Crippen molar-refractivity contribution in [1.29, 1.82) is 0 Å². The number of halogens is 2. The summed E-state index contributed by atoms with van der Waals surface area (Å²) in [6, 6.07) is 5.14. The van der Waals surface area contributed by atoms with Gasteiger partial charge in [0.05, 0.1) is 21.4 Å². The molecule has 114 valence electrons. The van der Waals surface area contributed by atoms with Gasteiger partial charge in [-0.1, -0.05) is 35.3 Å². The molecule has 0 aliphatic heterocycles. The zero-order valence-electron chi connectivity index (χ0n) is 11.8. The summed E-state index contributed by atoms with van der Waals surface area (Å²) in [5.74, 6) is 0. The predicted molar refractivity (Wildman–Crippen MR) is 83.2 cm³/mol. The Kier molecular flexibility index (Phi) is 4.63. The van der Waals surface area contributed by atoms with Crippen molar-refractivity contribution in [1.82, 2.24) is 14.5 Å². The van der Waals surface area contributed by atoms with E-state index < -0.39 is 10.0 Å². The molecule has 2 rings (SSSR count). The van der Waals surface area contributed by atoms with E-state index in [-0.39, 0.29) is 11.4 Å². The second-order valence-electron chi connectivity index (χ2n) is 4.74. The summed E-state index contributed by atoms with van der Waals surface area (Å²) in [5, 5.41) is 7.37. The third kappa shape index (κ3) is 3.08. The number of hydrogen-bond acceptors (Lipinski definition) is 3. The van der Waals surface area contributed by atoms with E-state index in [2.05, 4.69) is 10.2 Å². The second-order valence-corrected chi connectivity index (χ2v) is 7.50. The first-order valence-electron chi connectivity index (χ1n) is 6.16. The number of hydrogen-bond donors (Lipinski definition) is 1. The monoisotopic (exact) mass is 347 g/mol. The van der Waals surface area contributed by atoms with Crippen LogP contribution in [0.15, 0.2) is 23.1 Å². The third-order valence-corrected chi connectivity index (χ3v) is 6.08. The molecule has 0 atom stereocenters. The number of sulfonamides is 1. The lowest BCUT2D eigenvalue weighted by atomic mass is 10.2. The fourth-order valence-corrected chi connectivity index (χ4v) is 3.92. The summed E-state index contributed by atoms with van der Waals surface area (Å²) in [6.07, 6.45) is 0. The van der Waals surface area contributed by atoms with Crippen molar-refractivity contribution in [2.24, 2.45) is 0 Å². The molecule has 0 bridgehead atoms. The lowest BCUT2D eigenvalue weighted by molar-refractivity contribution is 0.466. The summed E-state index contributed by atoms with van der Waals surface area (Å²) >= 11 is 12.0. The van der Waals surface area contributed by atoms with Gasteiger partial charge in [0.1, 0.15) is 4.90 Å². The normalized spacial score (nSPS) is 12.1. The van der Waals surface area contributed by atoms with Crippen LogP contribution in [0.2, 0.25) is 10.0 Å². The highest BCUT2D eigenvalue weighted by Gasteiger charge is 2.27. The number of nitrogens with zero attached hydrogens (tertiary/aromatic N) is 2. The van der Waals surface area contributed by atoms with Crippen LogP contribution in [0.3, 0.4) is 0 Å². The Labute approximate surface area is 133 Å². The maximum atomic E-state index is 12.6. The van der Waals surface area contributed by atoms with E-state index in [0.29, 0.717) is 27.0 Å². The molecule has 5 nitrogen and oxygen atoms in total. The van der Waals surface area contributed by atoms with E-state index in [1.54, 1.807) is 32.0 Å². The van der Waals surface area contributed by atoms with E-state index in [4.69, 9.17) is 23.2 Å². The van der Waals surface area contributed by atoms with Gasteiger partial charge >= 0.3 is 0 Å². The Morgan fingerprint density at radius 2 is 1.95 bits per heavy atom. The van der Waals surface area contributed by atoms with Crippen LogP contribution in [0.5, 0.6) is 0 Å². The number of aryl methyl sites for hydroxylation is 2. The van der Waals surface area contributed by atoms with E-state index in [0.717, 1.165) is 0 Å². The minimum absolute atomic E-state index is 0.131. The van der Waals surface area contributed by atoms with Crippen molar-refractivity contribution in [2.75, 3.05) is 7.05 Å². The van der Waals surface area contributed by atoms with E-state index >= 15 is 0 Å². The highest BCUT2D eigenvalue weighted by molar-refractivity contribution is 7.89. The molecule has 1 aromatic carbocycles. The first-order valence-corrected chi connectivity index (χ1v) is 8.35. The maximum absolute atomic E-state index is 12.6. The molecule has 0 saturated carbocycles. The van der Waals surface area contributed by atoms with Gasteiger partial charge in [0.2, 0.25) is 10.0 Å². The smallest absolute Gasteiger partial charge is 0.246 e. The largest absolute Gasteiger partial charge is 0.281 e. The van der Waals surface area contributed by atoms with Crippen molar-refractivity contribution in [3.05, 3.63) is 45.2 Å². The molecule has 1 N–H and O–H groups in total. The number of nitrogens with one attached hydrogen (secondary N) is 1. The highest BCUT2D eigenvalue weighted by atomic mass is 35.5. The third-order valence-electron chi connectivity index (χ3n) is 3.15. The molecule has 0 aliphatic rings. The number of benzene rings is 1. The summed E-state index contributed by atoms with van der Waals surface area (Å²) in [6.45, 7) is 3.45. The van der Waals surface area contributed by atoms with Crippen LogP contribution in [0.1, 0.15) is 17.0 Å². The van der Waals surface area contributed by atoms with E-state index in [1.807, 2.05) is 0 Å². The van der Waals surface area contributed by atoms with Crippen LogP contribution in [0, 0.1) is 13.8 Å². The molecule has 1 heterocycles.